The van der Waals surface area contributed by atoms with E-state index in [-0.39, 0.29) is 17.6 Å². The van der Waals surface area contributed by atoms with Crippen molar-refractivity contribution >= 4 is 11.6 Å². The van der Waals surface area contributed by atoms with E-state index in [0.29, 0.717) is 5.69 Å². The lowest BCUT2D eigenvalue weighted by Crippen LogP contribution is -2.39. The maximum atomic E-state index is 12.3. The Kier molecular flexibility index (Phi) is 4.72. The lowest BCUT2D eigenvalue weighted by Gasteiger charge is -2.27. The van der Waals surface area contributed by atoms with Gasteiger partial charge in [-0.25, -0.2) is 0 Å². The summed E-state index contributed by atoms with van der Waals surface area (Å²) in [6.45, 7) is 1.62. The zero-order chi connectivity index (χ0) is 15.5. The van der Waals surface area contributed by atoms with Gasteiger partial charge in [-0.2, -0.15) is 0 Å². The van der Waals surface area contributed by atoms with Crippen LogP contribution < -0.4 is 15.0 Å². The van der Waals surface area contributed by atoms with Gasteiger partial charge in [0.1, 0.15) is 5.75 Å². The predicted molar refractivity (Wildman–Crippen MR) is 72.1 cm³/mol. The molecule has 1 aliphatic rings. The largest absolute Gasteiger partial charge is 0.573 e. The van der Waals surface area contributed by atoms with Gasteiger partial charge in [-0.05, 0) is 50.2 Å². The second kappa shape index (κ2) is 6.34. The Balaban J connectivity index is 2.02. The Morgan fingerprint density at radius 2 is 1.81 bits per heavy atom. The summed E-state index contributed by atoms with van der Waals surface area (Å²) in [5.41, 5.74) is 0.549. The third-order valence-corrected chi connectivity index (χ3v) is 3.48. The van der Waals surface area contributed by atoms with Crippen LogP contribution in [0.15, 0.2) is 24.3 Å². The molecule has 1 fully saturated rings. The van der Waals surface area contributed by atoms with Crippen LogP contribution in [0.25, 0.3) is 0 Å². The molecule has 2 rings (SSSR count). The van der Waals surface area contributed by atoms with Crippen LogP contribution in [-0.2, 0) is 4.79 Å². The van der Waals surface area contributed by atoms with E-state index in [1.165, 1.54) is 29.2 Å². The minimum absolute atomic E-state index is 0.0130. The molecule has 1 aliphatic heterocycles. The topological polar surface area (TPSA) is 41.6 Å². The molecule has 0 bridgehead atoms. The maximum absolute atomic E-state index is 12.3. The van der Waals surface area contributed by atoms with Crippen LogP contribution in [0.4, 0.5) is 18.9 Å². The molecule has 1 amide bonds. The Labute approximate surface area is 120 Å². The molecule has 0 atom stereocenters. The standard InChI is InChI=1S/C14H17F3N2O2/c1-19(13(20)10-6-8-18-9-7-10)11-2-4-12(5-3-11)21-14(15,16)17/h2-5,10,18H,6-9H2,1H3. The number of halogens is 3. The minimum Gasteiger partial charge on any atom is -0.406 e. The first-order chi connectivity index (χ1) is 9.87. The molecule has 0 saturated carbocycles. The highest BCUT2D eigenvalue weighted by Crippen LogP contribution is 2.26. The van der Waals surface area contributed by atoms with Gasteiger partial charge in [-0.1, -0.05) is 0 Å². The van der Waals surface area contributed by atoms with Gasteiger partial charge in [0.25, 0.3) is 0 Å². The molecule has 7 heteroatoms. The van der Waals surface area contributed by atoms with Crippen molar-refractivity contribution in [1.82, 2.24) is 5.32 Å². The van der Waals surface area contributed by atoms with Gasteiger partial charge < -0.3 is 15.0 Å². The molecule has 1 heterocycles. The molecule has 21 heavy (non-hydrogen) atoms. The van der Waals surface area contributed by atoms with Crippen LogP contribution in [0.2, 0.25) is 0 Å². The van der Waals surface area contributed by atoms with Gasteiger partial charge in [-0.3, -0.25) is 4.79 Å². The van der Waals surface area contributed by atoms with Gasteiger partial charge in [0.15, 0.2) is 0 Å². The molecule has 4 nitrogen and oxygen atoms in total. The van der Waals surface area contributed by atoms with Crippen molar-refractivity contribution in [3.63, 3.8) is 0 Å². The lowest BCUT2D eigenvalue weighted by molar-refractivity contribution is -0.274. The molecule has 1 aromatic carbocycles. The van der Waals surface area contributed by atoms with Gasteiger partial charge in [0.05, 0.1) is 0 Å². The summed E-state index contributed by atoms with van der Waals surface area (Å²) in [5, 5.41) is 3.18. The van der Waals surface area contributed by atoms with E-state index in [1.807, 2.05) is 0 Å². The van der Waals surface area contributed by atoms with Crippen molar-refractivity contribution in [2.75, 3.05) is 25.0 Å². The molecular weight excluding hydrogens is 285 g/mol. The van der Waals surface area contributed by atoms with Crippen molar-refractivity contribution in [3.8, 4) is 5.75 Å². The number of nitrogens with zero attached hydrogens (tertiary/aromatic N) is 1. The summed E-state index contributed by atoms with van der Waals surface area (Å²) in [4.78, 5) is 13.8. The Morgan fingerprint density at radius 1 is 1.24 bits per heavy atom. The molecular formula is C14H17F3N2O2. The fraction of sp³-hybridized carbons (Fsp3) is 0.500. The molecule has 1 aromatic rings. The number of amides is 1. The van der Waals surface area contributed by atoms with Crippen molar-refractivity contribution in [1.29, 1.82) is 0 Å². The predicted octanol–water partition coefficient (Wildman–Crippen LogP) is 2.55. The highest BCUT2D eigenvalue weighted by atomic mass is 19.4. The SMILES string of the molecule is CN(C(=O)C1CCNCC1)c1ccc(OC(F)(F)F)cc1. The van der Waals surface area contributed by atoms with Crippen molar-refractivity contribution in [2.24, 2.45) is 5.92 Å². The Hall–Kier alpha value is -1.76. The number of anilines is 1. The fourth-order valence-corrected chi connectivity index (χ4v) is 2.34. The second-order valence-corrected chi connectivity index (χ2v) is 4.96. The number of rotatable bonds is 3. The first kappa shape index (κ1) is 15.6. The third-order valence-electron chi connectivity index (χ3n) is 3.48. The molecule has 1 N–H and O–H groups in total. The van der Waals surface area contributed by atoms with E-state index in [9.17, 15) is 18.0 Å². The molecule has 0 spiro atoms. The van der Waals surface area contributed by atoms with Gasteiger partial charge in [0, 0.05) is 18.7 Å². The quantitative estimate of drug-likeness (QED) is 0.933. The number of hydrogen-bond donors (Lipinski definition) is 1. The number of ether oxygens (including phenoxy) is 1. The summed E-state index contributed by atoms with van der Waals surface area (Å²) < 4.78 is 40.0. The number of nitrogens with one attached hydrogen (secondary N) is 1. The Bertz CT molecular complexity index is 482. The van der Waals surface area contributed by atoms with Crippen LogP contribution in [0, 0.1) is 5.92 Å². The summed E-state index contributed by atoms with van der Waals surface area (Å²) in [5.74, 6) is -0.350. The van der Waals surface area contributed by atoms with Gasteiger partial charge in [-0.15, -0.1) is 13.2 Å². The number of piperidine rings is 1. The highest BCUT2D eigenvalue weighted by Gasteiger charge is 2.31. The molecule has 0 radical (unpaired) electrons. The summed E-state index contributed by atoms with van der Waals surface area (Å²) >= 11 is 0. The maximum Gasteiger partial charge on any atom is 0.573 e. The van der Waals surface area contributed by atoms with Crippen LogP contribution in [-0.4, -0.2) is 32.4 Å². The van der Waals surface area contributed by atoms with E-state index in [2.05, 4.69) is 10.1 Å². The van der Waals surface area contributed by atoms with Crippen LogP contribution >= 0.6 is 0 Å². The van der Waals surface area contributed by atoms with E-state index >= 15 is 0 Å². The van der Waals surface area contributed by atoms with Crippen molar-refractivity contribution in [2.45, 2.75) is 19.2 Å². The molecule has 116 valence electrons. The average Bonchev–Trinajstić information content (AvgIpc) is 2.46. The van der Waals surface area contributed by atoms with Crippen molar-refractivity contribution in [3.05, 3.63) is 24.3 Å². The third kappa shape index (κ3) is 4.35. The first-order valence-corrected chi connectivity index (χ1v) is 6.71. The van der Waals surface area contributed by atoms with E-state index in [0.717, 1.165) is 25.9 Å². The first-order valence-electron chi connectivity index (χ1n) is 6.71. The van der Waals surface area contributed by atoms with E-state index < -0.39 is 6.36 Å². The number of alkyl halides is 3. The fourth-order valence-electron chi connectivity index (χ4n) is 2.34. The molecule has 0 unspecified atom stereocenters. The molecule has 0 aliphatic carbocycles. The van der Waals surface area contributed by atoms with Crippen LogP contribution in [0.3, 0.4) is 0 Å². The normalized spacial score (nSPS) is 16.6. The summed E-state index contributed by atoms with van der Waals surface area (Å²) in [6.07, 6.45) is -3.16. The lowest BCUT2D eigenvalue weighted by atomic mass is 9.96. The zero-order valence-electron chi connectivity index (χ0n) is 11.6. The highest BCUT2D eigenvalue weighted by molar-refractivity contribution is 5.94. The summed E-state index contributed by atoms with van der Waals surface area (Å²) in [7, 11) is 1.63. The van der Waals surface area contributed by atoms with Gasteiger partial charge >= 0.3 is 6.36 Å². The van der Waals surface area contributed by atoms with E-state index in [4.69, 9.17) is 0 Å². The summed E-state index contributed by atoms with van der Waals surface area (Å²) in [6, 6.07) is 5.30. The number of benzene rings is 1. The number of carbonyl (C=O) groups excluding carboxylic acids is 1. The zero-order valence-corrected chi connectivity index (χ0v) is 11.6. The van der Waals surface area contributed by atoms with E-state index in [1.54, 1.807) is 7.05 Å². The monoisotopic (exact) mass is 302 g/mol. The average molecular weight is 302 g/mol. The van der Waals surface area contributed by atoms with Crippen LogP contribution in [0.5, 0.6) is 5.75 Å². The van der Waals surface area contributed by atoms with Crippen LogP contribution in [0.1, 0.15) is 12.8 Å². The van der Waals surface area contributed by atoms with Gasteiger partial charge in [0.2, 0.25) is 5.91 Å². The molecule has 0 aromatic heterocycles. The minimum atomic E-state index is -4.71. The number of hydrogen-bond acceptors (Lipinski definition) is 3. The number of carbonyl (C=O) groups is 1. The van der Waals surface area contributed by atoms with Crippen molar-refractivity contribution < 1.29 is 22.7 Å². The Morgan fingerprint density at radius 3 is 2.33 bits per heavy atom. The molecule has 1 saturated heterocycles. The second-order valence-electron chi connectivity index (χ2n) is 4.96. The smallest absolute Gasteiger partial charge is 0.406 e.